The van der Waals surface area contributed by atoms with Crippen LogP contribution in [0.4, 0.5) is 0 Å². The molecule has 0 saturated heterocycles. The van der Waals surface area contributed by atoms with E-state index >= 15 is 0 Å². The first-order valence-electron chi connectivity index (χ1n) is 5.80. The molecule has 0 aliphatic rings. The van der Waals surface area contributed by atoms with E-state index in [0.29, 0.717) is 0 Å². The Morgan fingerprint density at radius 2 is 2.00 bits per heavy atom. The highest BCUT2D eigenvalue weighted by Gasteiger charge is 2.15. The zero-order chi connectivity index (χ0) is 12.0. The molecule has 0 saturated carbocycles. The summed E-state index contributed by atoms with van der Waals surface area (Å²) in [7, 11) is 0. The predicted molar refractivity (Wildman–Crippen MR) is 69.6 cm³/mol. The Morgan fingerprint density at radius 1 is 1.24 bits per heavy atom. The molecule has 0 N–H and O–H groups in total. The molecule has 0 unspecified atom stereocenters. The fourth-order valence-corrected chi connectivity index (χ4v) is 2.99. The van der Waals surface area contributed by atoms with Gasteiger partial charge in [0, 0.05) is 6.42 Å². The van der Waals surface area contributed by atoms with Crippen molar-refractivity contribution in [2.75, 3.05) is 0 Å². The van der Waals surface area contributed by atoms with Crippen LogP contribution in [0.25, 0.3) is 16.0 Å². The lowest BCUT2D eigenvalue weighted by Gasteiger charge is -2.03. The Kier molecular flexibility index (Phi) is 2.36. The van der Waals surface area contributed by atoms with E-state index in [2.05, 4.69) is 26.3 Å². The van der Waals surface area contributed by atoms with E-state index in [-0.39, 0.29) is 0 Å². The molecule has 88 valence electrons. The number of rotatable bonds is 2. The first-order valence-corrected chi connectivity index (χ1v) is 6.68. The van der Waals surface area contributed by atoms with Gasteiger partial charge in [0.2, 0.25) is 0 Å². The van der Waals surface area contributed by atoms with Crippen LogP contribution >= 0.6 is 11.3 Å². The van der Waals surface area contributed by atoms with Gasteiger partial charge in [0.05, 0.1) is 22.4 Å². The van der Waals surface area contributed by atoms with Gasteiger partial charge in [-0.15, -0.1) is 11.3 Å². The third-order valence-corrected chi connectivity index (χ3v) is 3.66. The van der Waals surface area contributed by atoms with Crippen molar-refractivity contribution in [3.8, 4) is 0 Å². The lowest BCUT2D eigenvalue weighted by Crippen LogP contribution is -1.98. The summed E-state index contributed by atoms with van der Waals surface area (Å²) in [6.45, 7) is 6.25. The molecule has 17 heavy (non-hydrogen) atoms. The van der Waals surface area contributed by atoms with Crippen molar-refractivity contribution in [2.45, 2.75) is 33.6 Å². The molecule has 0 fully saturated rings. The van der Waals surface area contributed by atoms with Crippen molar-refractivity contribution in [1.29, 1.82) is 0 Å². The number of aryl methyl sites for hydroxylation is 3. The Morgan fingerprint density at radius 3 is 2.76 bits per heavy atom. The molecule has 4 nitrogen and oxygen atoms in total. The molecule has 5 heteroatoms. The van der Waals surface area contributed by atoms with Gasteiger partial charge in [-0.2, -0.15) is 0 Å². The topological polar surface area (TPSA) is 43.1 Å². The van der Waals surface area contributed by atoms with Crippen LogP contribution in [0.15, 0.2) is 5.51 Å². The van der Waals surface area contributed by atoms with Gasteiger partial charge in [-0.3, -0.25) is 4.40 Å². The number of nitrogens with zero attached hydrogens (tertiary/aromatic N) is 4. The molecule has 0 spiro atoms. The maximum absolute atomic E-state index is 4.66. The summed E-state index contributed by atoms with van der Waals surface area (Å²) in [6, 6.07) is 0. The second kappa shape index (κ2) is 3.77. The van der Waals surface area contributed by atoms with E-state index in [0.717, 1.165) is 46.0 Å². The van der Waals surface area contributed by atoms with Gasteiger partial charge < -0.3 is 0 Å². The van der Waals surface area contributed by atoms with Crippen molar-refractivity contribution >= 4 is 27.3 Å². The second-order valence-corrected chi connectivity index (χ2v) is 5.06. The molecule has 3 aromatic rings. The minimum atomic E-state index is 0.944. The maximum Gasteiger partial charge on any atom is 0.176 e. The number of hydrogen-bond acceptors (Lipinski definition) is 4. The lowest BCUT2D eigenvalue weighted by atomic mass is 10.3. The minimum absolute atomic E-state index is 0.944. The van der Waals surface area contributed by atoms with Crippen LogP contribution in [0.5, 0.6) is 0 Å². The predicted octanol–water partition coefficient (Wildman–Crippen LogP) is 2.91. The van der Waals surface area contributed by atoms with E-state index in [9.17, 15) is 0 Å². The largest absolute Gasteiger partial charge is 0.276 e. The normalized spacial score (nSPS) is 11.7. The Hall–Kier alpha value is -1.49. The van der Waals surface area contributed by atoms with Crippen LogP contribution in [0, 0.1) is 13.8 Å². The van der Waals surface area contributed by atoms with E-state index in [4.69, 9.17) is 0 Å². The average molecular weight is 246 g/mol. The summed E-state index contributed by atoms with van der Waals surface area (Å²) in [4.78, 5) is 14.7. The SMILES string of the molecule is CCCc1nc(C)c2c(C)nc3scnc3n12. The van der Waals surface area contributed by atoms with Gasteiger partial charge >= 0.3 is 0 Å². The smallest absolute Gasteiger partial charge is 0.176 e. The lowest BCUT2D eigenvalue weighted by molar-refractivity contribution is 0.833. The summed E-state index contributed by atoms with van der Waals surface area (Å²) in [6.07, 6.45) is 2.07. The first-order chi connectivity index (χ1) is 8.22. The fraction of sp³-hybridized carbons (Fsp3) is 0.417. The fourth-order valence-electron chi connectivity index (χ4n) is 2.30. The highest BCUT2D eigenvalue weighted by Crippen LogP contribution is 2.24. The van der Waals surface area contributed by atoms with Gasteiger partial charge in [-0.1, -0.05) is 6.92 Å². The molecule has 3 heterocycles. The van der Waals surface area contributed by atoms with Crippen LogP contribution < -0.4 is 0 Å². The van der Waals surface area contributed by atoms with Gasteiger partial charge in [-0.05, 0) is 20.3 Å². The summed E-state index contributed by atoms with van der Waals surface area (Å²) >= 11 is 1.58. The molecule has 0 bridgehead atoms. The van der Waals surface area contributed by atoms with Crippen LogP contribution in [0.1, 0.15) is 30.6 Å². The average Bonchev–Trinajstić information content (AvgIpc) is 2.84. The van der Waals surface area contributed by atoms with Gasteiger partial charge in [0.25, 0.3) is 0 Å². The highest BCUT2D eigenvalue weighted by atomic mass is 32.1. The van der Waals surface area contributed by atoms with Gasteiger partial charge in [0.15, 0.2) is 10.5 Å². The molecule has 0 radical (unpaired) electrons. The van der Waals surface area contributed by atoms with Crippen LogP contribution in [0.3, 0.4) is 0 Å². The van der Waals surface area contributed by atoms with E-state index in [1.807, 2.05) is 19.4 Å². The standard InChI is InChI=1S/C12H14N4S/c1-4-5-9-14-7(2)10-8(3)15-12-11(16(9)10)13-6-17-12/h6H,4-5H2,1-3H3. The third-order valence-electron chi connectivity index (χ3n) is 2.95. The van der Waals surface area contributed by atoms with Crippen LogP contribution in [0.2, 0.25) is 0 Å². The number of aromatic nitrogens is 4. The number of thiazole rings is 1. The van der Waals surface area contributed by atoms with Gasteiger partial charge in [-0.25, -0.2) is 15.0 Å². The number of fused-ring (bicyclic) bond motifs is 3. The Balaban J connectivity index is 2.51. The molecule has 0 aliphatic carbocycles. The number of imidazole rings is 1. The Labute approximate surface area is 103 Å². The van der Waals surface area contributed by atoms with Crippen molar-refractivity contribution in [3.05, 3.63) is 22.7 Å². The third kappa shape index (κ3) is 1.45. The maximum atomic E-state index is 4.66. The quantitative estimate of drug-likeness (QED) is 0.698. The second-order valence-electron chi connectivity index (χ2n) is 4.23. The summed E-state index contributed by atoms with van der Waals surface area (Å²) in [5, 5.41) is 0. The van der Waals surface area contributed by atoms with E-state index in [1.165, 1.54) is 0 Å². The molecular formula is C12H14N4S. The summed E-state index contributed by atoms with van der Waals surface area (Å²) in [5.74, 6) is 1.10. The number of hydrogen-bond donors (Lipinski definition) is 0. The van der Waals surface area contributed by atoms with Crippen molar-refractivity contribution < 1.29 is 0 Å². The first kappa shape index (κ1) is 10.7. The minimum Gasteiger partial charge on any atom is -0.276 e. The van der Waals surface area contributed by atoms with Crippen molar-refractivity contribution in [1.82, 2.24) is 19.4 Å². The van der Waals surface area contributed by atoms with Crippen molar-refractivity contribution in [3.63, 3.8) is 0 Å². The van der Waals surface area contributed by atoms with E-state index in [1.54, 1.807) is 11.3 Å². The summed E-state index contributed by atoms with van der Waals surface area (Å²) < 4.78 is 2.17. The molecule has 0 aliphatic heterocycles. The monoisotopic (exact) mass is 246 g/mol. The summed E-state index contributed by atoms with van der Waals surface area (Å²) in [5.41, 5.74) is 6.00. The zero-order valence-corrected chi connectivity index (χ0v) is 11.0. The zero-order valence-electron chi connectivity index (χ0n) is 10.2. The van der Waals surface area contributed by atoms with Gasteiger partial charge in [0.1, 0.15) is 5.82 Å². The molecule has 0 amide bonds. The van der Waals surface area contributed by atoms with Crippen LogP contribution in [-0.4, -0.2) is 19.4 Å². The van der Waals surface area contributed by atoms with Crippen molar-refractivity contribution in [2.24, 2.45) is 0 Å². The molecule has 3 aromatic heterocycles. The van der Waals surface area contributed by atoms with Crippen LogP contribution in [-0.2, 0) is 6.42 Å². The molecule has 0 aromatic carbocycles. The molecular weight excluding hydrogens is 232 g/mol. The highest BCUT2D eigenvalue weighted by molar-refractivity contribution is 7.16. The Bertz CT molecular complexity index is 695. The molecule has 3 rings (SSSR count). The molecule has 0 atom stereocenters. The van der Waals surface area contributed by atoms with E-state index < -0.39 is 0 Å².